The molecule has 0 saturated carbocycles. The van der Waals surface area contributed by atoms with Crippen molar-refractivity contribution in [3.8, 4) is 5.75 Å². The van der Waals surface area contributed by atoms with Crippen molar-refractivity contribution < 1.29 is 19.4 Å². The van der Waals surface area contributed by atoms with E-state index in [0.717, 1.165) is 5.56 Å². The zero-order valence-corrected chi connectivity index (χ0v) is 12.8. The van der Waals surface area contributed by atoms with Crippen LogP contribution < -0.4 is 10.1 Å². The molecule has 1 rings (SSSR count). The second-order valence-corrected chi connectivity index (χ2v) is 5.50. The summed E-state index contributed by atoms with van der Waals surface area (Å²) in [5, 5.41) is 11.6. The van der Waals surface area contributed by atoms with E-state index in [2.05, 4.69) is 5.32 Å². The Balaban J connectivity index is 2.35. The molecule has 0 fully saturated rings. The highest BCUT2D eigenvalue weighted by atomic mass is 16.5. The molecule has 5 heteroatoms. The average molecular weight is 293 g/mol. The fourth-order valence-corrected chi connectivity index (χ4v) is 1.86. The lowest BCUT2D eigenvalue weighted by Gasteiger charge is -2.16. The number of carbonyl (C=O) groups is 2. The number of aliphatic carboxylic acids is 1. The smallest absolute Gasteiger partial charge is 0.326 e. The number of carboxylic acid groups (broad SMARTS) is 1. The van der Waals surface area contributed by atoms with Gasteiger partial charge in [0.15, 0.2) is 0 Å². The van der Waals surface area contributed by atoms with Crippen molar-refractivity contribution in [1.29, 1.82) is 0 Å². The summed E-state index contributed by atoms with van der Waals surface area (Å²) in [5.74, 6) is -0.410. The van der Waals surface area contributed by atoms with Gasteiger partial charge in [0.05, 0.1) is 13.0 Å². The molecule has 0 aliphatic heterocycles. The summed E-state index contributed by atoms with van der Waals surface area (Å²) in [6, 6.07) is 6.70. The molecule has 0 spiro atoms. The second kappa shape index (κ2) is 8.29. The minimum atomic E-state index is -1.00. The summed E-state index contributed by atoms with van der Waals surface area (Å²) >= 11 is 0. The Hall–Kier alpha value is -2.04. The molecule has 0 aliphatic rings. The average Bonchev–Trinajstić information content (AvgIpc) is 2.39. The Bertz CT molecular complexity index is 468. The van der Waals surface area contributed by atoms with Crippen LogP contribution in [-0.4, -0.2) is 29.6 Å². The molecule has 0 bridgehead atoms. The number of amides is 1. The van der Waals surface area contributed by atoms with Crippen LogP contribution in [0.5, 0.6) is 5.75 Å². The van der Waals surface area contributed by atoms with Crippen molar-refractivity contribution in [3.63, 3.8) is 0 Å². The molecule has 1 aromatic carbocycles. The number of benzene rings is 1. The third kappa shape index (κ3) is 6.79. The highest BCUT2D eigenvalue weighted by Gasteiger charge is 2.20. The third-order valence-corrected chi connectivity index (χ3v) is 2.96. The molecule has 0 saturated heterocycles. The predicted molar refractivity (Wildman–Crippen MR) is 80.3 cm³/mol. The van der Waals surface area contributed by atoms with Crippen LogP contribution in [-0.2, 0) is 9.59 Å². The van der Waals surface area contributed by atoms with Crippen molar-refractivity contribution in [2.45, 2.75) is 39.7 Å². The zero-order valence-electron chi connectivity index (χ0n) is 12.8. The van der Waals surface area contributed by atoms with E-state index < -0.39 is 12.0 Å². The van der Waals surface area contributed by atoms with E-state index in [1.165, 1.54) is 0 Å². The molecule has 0 aliphatic carbocycles. The molecule has 1 aromatic rings. The third-order valence-electron chi connectivity index (χ3n) is 2.96. The fourth-order valence-electron chi connectivity index (χ4n) is 1.86. The van der Waals surface area contributed by atoms with Crippen LogP contribution in [0.25, 0.3) is 0 Å². The van der Waals surface area contributed by atoms with Crippen LogP contribution in [0.15, 0.2) is 24.3 Å². The summed E-state index contributed by atoms with van der Waals surface area (Å²) in [7, 11) is 0. The minimum Gasteiger partial charge on any atom is -0.493 e. The highest BCUT2D eigenvalue weighted by Crippen LogP contribution is 2.11. The van der Waals surface area contributed by atoms with Crippen LogP contribution >= 0.6 is 0 Å². The number of carbonyl (C=O) groups excluding carboxylic acids is 1. The Labute approximate surface area is 125 Å². The lowest BCUT2D eigenvalue weighted by Crippen LogP contribution is -2.42. The monoisotopic (exact) mass is 293 g/mol. The molecule has 1 amide bonds. The summed E-state index contributed by atoms with van der Waals surface area (Å²) < 4.78 is 5.45. The van der Waals surface area contributed by atoms with Crippen molar-refractivity contribution in [2.75, 3.05) is 6.61 Å². The maximum Gasteiger partial charge on any atom is 0.326 e. The summed E-state index contributed by atoms with van der Waals surface area (Å²) in [5.41, 5.74) is 1.14. The Morgan fingerprint density at radius 1 is 1.24 bits per heavy atom. The van der Waals surface area contributed by atoms with Gasteiger partial charge in [-0.05, 0) is 31.4 Å². The number of aryl methyl sites for hydroxylation is 1. The minimum absolute atomic E-state index is 0.135. The molecule has 0 radical (unpaired) electrons. The quantitative estimate of drug-likeness (QED) is 0.771. The summed E-state index contributed by atoms with van der Waals surface area (Å²) in [4.78, 5) is 22.8. The van der Waals surface area contributed by atoms with Gasteiger partial charge in [-0.15, -0.1) is 0 Å². The number of hydrogen-bond acceptors (Lipinski definition) is 3. The number of hydrogen-bond donors (Lipinski definition) is 2. The van der Waals surface area contributed by atoms with Crippen LogP contribution in [0.2, 0.25) is 0 Å². The molecule has 21 heavy (non-hydrogen) atoms. The first-order valence-electron chi connectivity index (χ1n) is 7.10. The van der Waals surface area contributed by atoms with Crippen molar-refractivity contribution in [1.82, 2.24) is 5.32 Å². The molecule has 0 heterocycles. The first-order chi connectivity index (χ1) is 9.88. The van der Waals surface area contributed by atoms with E-state index in [9.17, 15) is 9.59 Å². The molecule has 1 atom stereocenters. The van der Waals surface area contributed by atoms with E-state index in [0.29, 0.717) is 12.2 Å². The Morgan fingerprint density at radius 2 is 1.86 bits per heavy atom. The van der Waals surface area contributed by atoms with Crippen LogP contribution in [0.1, 0.15) is 32.3 Å². The van der Waals surface area contributed by atoms with E-state index in [-0.39, 0.29) is 24.9 Å². The molecular weight excluding hydrogens is 270 g/mol. The first kappa shape index (κ1) is 17.0. The van der Waals surface area contributed by atoms with Gasteiger partial charge in [0, 0.05) is 0 Å². The van der Waals surface area contributed by atoms with E-state index in [1.54, 1.807) is 0 Å². The van der Waals surface area contributed by atoms with Gasteiger partial charge in [0.1, 0.15) is 11.8 Å². The zero-order chi connectivity index (χ0) is 15.8. The van der Waals surface area contributed by atoms with Gasteiger partial charge in [0.25, 0.3) is 0 Å². The molecule has 116 valence electrons. The van der Waals surface area contributed by atoms with Crippen LogP contribution in [0, 0.1) is 12.8 Å². The summed E-state index contributed by atoms with van der Waals surface area (Å²) in [6.45, 7) is 6.05. The van der Waals surface area contributed by atoms with Crippen molar-refractivity contribution in [2.24, 2.45) is 5.92 Å². The highest BCUT2D eigenvalue weighted by molar-refractivity contribution is 5.83. The van der Waals surface area contributed by atoms with E-state index >= 15 is 0 Å². The van der Waals surface area contributed by atoms with Crippen molar-refractivity contribution in [3.05, 3.63) is 29.8 Å². The topological polar surface area (TPSA) is 75.6 Å². The number of nitrogens with one attached hydrogen (secondary N) is 1. The van der Waals surface area contributed by atoms with Gasteiger partial charge >= 0.3 is 5.97 Å². The van der Waals surface area contributed by atoms with Gasteiger partial charge < -0.3 is 15.2 Å². The number of carboxylic acids is 1. The normalized spacial score (nSPS) is 12.0. The second-order valence-electron chi connectivity index (χ2n) is 5.50. The van der Waals surface area contributed by atoms with Gasteiger partial charge in [0.2, 0.25) is 5.91 Å². The molecule has 0 aromatic heterocycles. The van der Waals surface area contributed by atoms with Gasteiger partial charge in [-0.2, -0.15) is 0 Å². The maximum absolute atomic E-state index is 11.7. The van der Waals surface area contributed by atoms with Gasteiger partial charge in [-0.25, -0.2) is 4.79 Å². The van der Waals surface area contributed by atoms with Crippen LogP contribution in [0.4, 0.5) is 0 Å². The lowest BCUT2D eigenvalue weighted by atomic mass is 10.0. The SMILES string of the molecule is Cc1ccc(OCCC(=O)NC(CC(C)C)C(=O)O)cc1. The lowest BCUT2D eigenvalue weighted by molar-refractivity contribution is -0.142. The largest absolute Gasteiger partial charge is 0.493 e. The van der Waals surface area contributed by atoms with Crippen molar-refractivity contribution >= 4 is 11.9 Å². The number of ether oxygens (including phenoxy) is 1. The maximum atomic E-state index is 11.7. The molecule has 5 nitrogen and oxygen atoms in total. The van der Waals surface area contributed by atoms with Crippen LogP contribution in [0.3, 0.4) is 0 Å². The fraction of sp³-hybridized carbons (Fsp3) is 0.500. The first-order valence-corrected chi connectivity index (χ1v) is 7.10. The van der Waals surface area contributed by atoms with Gasteiger partial charge in [-0.1, -0.05) is 31.5 Å². The van der Waals surface area contributed by atoms with Gasteiger partial charge in [-0.3, -0.25) is 4.79 Å². The molecule has 1 unspecified atom stereocenters. The standard InChI is InChI=1S/C16H23NO4/c1-11(2)10-14(16(19)20)17-15(18)8-9-21-13-6-4-12(3)5-7-13/h4-7,11,14H,8-10H2,1-3H3,(H,17,18)(H,19,20). The predicted octanol–water partition coefficient (Wildman–Crippen LogP) is 2.38. The Morgan fingerprint density at radius 3 is 2.38 bits per heavy atom. The number of rotatable bonds is 8. The Kier molecular flexibility index (Phi) is 6.72. The summed E-state index contributed by atoms with van der Waals surface area (Å²) in [6.07, 6.45) is 0.551. The molecule has 2 N–H and O–H groups in total. The molecular formula is C16H23NO4. The van der Waals surface area contributed by atoms with E-state index in [1.807, 2.05) is 45.0 Å². The van der Waals surface area contributed by atoms with E-state index in [4.69, 9.17) is 9.84 Å².